The van der Waals surface area contributed by atoms with E-state index in [-0.39, 0.29) is 11.5 Å². The summed E-state index contributed by atoms with van der Waals surface area (Å²) in [6.07, 6.45) is 4.33. The third-order valence-corrected chi connectivity index (χ3v) is 4.81. The first kappa shape index (κ1) is 15.9. The second-order valence-electron chi connectivity index (χ2n) is 6.57. The van der Waals surface area contributed by atoms with E-state index in [1.54, 1.807) is 0 Å². The largest absolute Gasteiger partial charge is 0.296 e. The van der Waals surface area contributed by atoms with Crippen LogP contribution in [0.25, 0.3) is 0 Å². The molecular weight excluding hydrogens is 250 g/mol. The first-order valence-electron chi connectivity index (χ1n) is 6.86. The molecule has 3 atom stereocenters. The van der Waals surface area contributed by atoms with E-state index < -0.39 is 15.5 Å². The molecule has 1 aliphatic rings. The molecule has 0 radical (unpaired) electrons. The van der Waals surface area contributed by atoms with E-state index in [0.29, 0.717) is 12.3 Å². The second kappa shape index (κ2) is 5.88. The van der Waals surface area contributed by atoms with Crippen LogP contribution in [-0.4, -0.2) is 24.4 Å². The standard InChI is InChI=1S/C13H27NO3S/c1-5-6-12(18(15,16)17)14-11-7-10(2)8-13(3,4)9-11/h10-12,14H,5-9H2,1-4H3,(H,15,16,17). The molecular formula is C13H27NO3S. The average Bonchev–Trinajstić information content (AvgIpc) is 2.12. The first-order chi connectivity index (χ1) is 8.14. The van der Waals surface area contributed by atoms with Gasteiger partial charge in [0.15, 0.2) is 0 Å². The van der Waals surface area contributed by atoms with Crippen molar-refractivity contribution in [3.63, 3.8) is 0 Å². The summed E-state index contributed by atoms with van der Waals surface area (Å²) in [5.74, 6) is 0.593. The molecule has 4 nitrogen and oxygen atoms in total. The molecule has 0 heterocycles. The van der Waals surface area contributed by atoms with Gasteiger partial charge in [-0.05, 0) is 37.0 Å². The highest BCUT2D eigenvalue weighted by Crippen LogP contribution is 2.38. The Hall–Kier alpha value is -0.130. The molecule has 3 unspecified atom stereocenters. The fourth-order valence-corrected chi connectivity index (χ4v) is 4.21. The Labute approximate surface area is 111 Å². The molecule has 1 fully saturated rings. The van der Waals surface area contributed by atoms with Gasteiger partial charge >= 0.3 is 0 Å². The minimum atomic E-state index is -3.99. The Morgan fingerprint density at radius 3 is 2.44 bits per heavy atom. The molecule has 0 aromatic heterocycles. The van der Waals surface area contributed by atoms with Gasteiger partial charge in [-0.2, -0.15) is 8.42 Å². The third kappa shape index (κ3) is 4.86. The van der Waals surface area contributed by atoms with E-state index in [4.69, 9.17) is 0 Å². The van der Waals surface area contributed by atoms with Crippen molar-refractivity contribution in [2.75, 3.05) is 0 Å². The van der Waals surface area contributed by atoms with Crippen LogP contribution in [0.2, 0.25) is 0 Å². The highest BCUT2D eigenvalue weighted by atomic mass is 32.2. The summed E-state index contributed by atoms with van der Waals surface area (Å²) >= 11 is 0. The van der Waals surface area contributed by atoms with Gasteiger partial charge in [-0.3, -0.25) is 9.87 Å². The Balaban J connectivity index is 2.69. The van der Waals surface area contributed by atoms with E-state index in [1.807, 2.05) is 6.92 Å². The van der Waals surface area contributed by atoms with Crippen molar-refractivity contribution < 1.29 is 13.0 Å². The fourth-order valence-electron chi connectivity index (χ4n) is 3.32. The summed E-state index contributed by atoms with van der Waals surface area (Å²) in [4.78, 5) is 0. The monoisotopic (exact) mass is 277 g/mol. The van der Waals surface area contributed by atoms with E-state index >= 15 is 0 Å². The van der Waals surface area contributed by atoms with Crippen LogP contribution in [0.15, 0.2) is 0 Å². The molecule has 0 amide bonds. The maximum atomic E-state index is 11.3. The van der Waals surface area contributed by atoms with Crippen molar-refractivity contribution >= 4 is 10.1 Å². The van der Waals surface area contributed by atoms with Crippen LogP contribution in [0.3, 0.4) is 0 Å². The highest BCUT2D eigenvalue weighted by molar-refractivity contribution is 7.86. The predicted molar refractivity (Wildman–Crippen MR) is 74.0 cm³/mol. The highest BCUT2D eigenvalue weighted by Gasteiger charge is 2.34. The quantitative estimate of drug-likeness (QED) is 0.758. The van der Waals surface area contributed by atoms with E-state index in [1.165, 1.54) is 6.42 Å². The Kier molecular flexibility index (Phi) is 5.21. The van der Waals surface area contributed by atoms with Crippen LogP contribution in [-0.2, 0) is 10.1 Å². The van der Waals surface area contributed by atoms with Gasteiger partial charge in [0.2, 0.25) is 0 Å². The van der Waals surface area contributed by atoms with Gasteiger partial charge in [0.1, 0.15) is 5.37 Å². The van der Waals surface area contributed by atoms with Gasteiger partial charge in [0, 0.05) is 6.04 Å². The zero-order valence-corrected chi connectivity index (χ0v) is 12.8. The molecule has 5 heteroatoms. The van der Waals surface area contributed by atoms with Gasteiger partial charge in [0.05, 0.1) is 0 Å². The summed E-state index contributed by atoms with van der Waals surface area (Å²) in [6, 6.07) is 0.183. The maximum Gasteiger partial charge on any atom is 0.281 e. The lowest BCUT2D eigenvalue weighted by Gasteiger charge is -2.40. The predicted octanol–water partition coefficient (Wildman–Crippen LogP) is 2.80. The van der Waals surface area contributed by atoms with Gasteiger partial charge < -0.3 is 0 Å². The lowest BCUT2D eigenvalue weighted by atomic mass is 9.70. The van der Waals surface area contributed by atoms with Gasteiger partial charge in [0.25, 0.3) is 10.1 Å². The molecule has 1 aliphatic carbocycles. The molecule has 0 aromatic rings. The lowest BCUT2D eigenvalue weighted by Crippen LogP contribution is -2.47. The van der Waals surface area contributed by atoms with Crippen LogP contribution in [0.1, 0.15) is 59.8 Å². The molecule has 0 aromatic carbocycles. The van der Waals surface area contributed by atoms with Crippen molar-refractivity contribution in [3.05, 3.63) is 0 Å². The molecule has 108 valence electrons. The van der Waals surface area contributed by atoms with Crippen molar-refractivity contribution in [2.45, 2.75) is 71.2 Å². The van der Waals surface area contributed by atoms with Crippen LogP contribution in [0, 0.1) is 11.3 Å². The number of hydrogen-bond donors (Lipinski definition) is 2. The average molecular weight is 277 g/mol. The molecule has 0 bridgehead atoms. The summed E-state index contributed by atoms with van der Waals surface area (Å²) in [7, 11) is -3.99. The third-order valence-electron chi connectivity index (χ3n) is 3.72. The summed E-state index contributed by atoms with van der Waals surface area (Å²) in [6.45, 7) is 8.57. The van der Waals surface area contributed by atoms with Crippen LogP contribution in [0.4, 0.5) is 0 Å². The van der Waals surface area contributed by atoms with Crippen molar-refractivity contribution in [3.8, 4) is 0 Å². The van der Waals surface area contributed by atoms with E-state index in [2.05, 4.69) is 26.1 Å². The summed E-state index contributed by atoms with van der Waals surface area (Å²) in [5, 5.41) is 2.33. The Bertz CT molecular complexity index is 364. The fraction of sp³-hybridized carbons (Fsp3) is 1.00. The first-order valence-corrected chi connectivity index (χ1v) is 8.36. The number of rotatable bonds is 5. The lowest BCUT2D eigenvalue weighted by molar-refractivity contribution is 0.148. The molecule has 1 rings (SSSR count). The normalized spacial score (nSPS) is 30.1. The SMILES string of the molecule is CCCC(NC1CC(C)CC(C)(C)C1)S(=O)(=O)O. The maximum absolute atomic E-state index is 11.3. The van der Waals surface area contributed by atoms with Crippen molar-refractivity contribution in [1.29, 1.82) is 0 Å². The summed E-state index contributed by atoms with van der Waals surface area (Å²) < 4.78 is 31.9. The topological polar surface area (TPSA) is 66.4 Å². The second-order valence-corrected chi connectivity index (χ2v) is 8.17. The molecule has 0 aliphatic heterocycles. The molecule has 2 N–H and O–H groups in total. The van der Waals surface area contributed by atoms with E-state index in [0.717, 1.165) is 19.3 Å². The van der Waals surface area contributed by atoms with Crippen molar-refractivity contribution in [2.24, 2.45) is 11.3 Å². The summed E-state index contributed by atoms with van der Waals surface area (Å²) in [5.41, 5.74) is 0.241. The van der Waals surface area contributed by atoms with Gasteiger partial charge in [-0.1, -0.05) is 34.1 Å². The molecule has 0 saturated heterocycles. The molecule has 1 saturated carbocycles. The van der Waals surface area contributed by atoms with E-state index in [9.17, 15) is 13.0 Å². The number of hydrogen-bond acceptors (Lipinski definition) is 3. The Morgan fingerprint density at radius 1 is 1.39 bits per heavy atom. The molecule has 0 spiro atoms. The smallest absolute Gasteiger partial charge is 0.281 e. The van der Waals surface area contributed by atoms with Gasteiger partial charge in [-0.25, -0.2) is 0 Å². The van der Waals surface area contributed by atoms with Crippen LogP contribution in [0.5, 0.6) is 0 Å². The van der Waals surface area contributed by atoms with Crippen LogP contribution >= 0.6 is 0 Å². The zero-order valence-electron chi connectivity index (χ0n) is 11.9. The zero-order chi connectivity index (χ0) is 14.0. The molecule has 18 heavy (non-hydrogen) atoms. The minimum absolute atomic E-state index is 0.183. The van der Waals surface area contributed by atoms with Gasteiger partial charge in [-0.15, -0.1) is 0 Å². The Morgan fingerprint density at radius 2 is 2.00 bits per heavy atom. The minimum Gasteiger partial charge on any atom is -0.296 e. The number of nitrogens with one attached hydrogen (secondary N) is 1. The van der Waals surface area contributed by atoms with Crippen LogP contribution < -0.4 is 5.32 Å². The van der Waals surface area contributed by atoms with Crippen molar-refractivity contribution in [1.82, 2.24) is 5.32 Å².